The second-order valence-electron chi connectivity index (χ2n) is 11.4. The molecule has 0 saturated carbocycles. The van der Waals surface area contributed by atoms with Gasteiger partial charge in [0.05, 0.1) is 11.4 Å². The molecule has 5 rings (SSSR count). The molecular weight excluding hydrogens is 556 g/mol. The number of aromatic nitrogens is 2. The number of carbonyl (C=O) groups is 1. The van der Waals surface area contributed by atoms with Gasteiger partial charge in [0.1, 0.15) is 5.82 Å². The van der Waals surface area contributed by atoms with Gasteiger partial charge in [0, 0.05) is 42.6 Å². The molecular formula is C32H35ClN4O3S. The molecule has 0 saturated heterocycles. The maximum absolute atomic E-state index is 13.9. The van der Waals surface area contributed by atoms with Gasteiger partial charge in [-0.25, -0.2) is 18.1 Å². The van der Waals surface area contributed by atoms with Gasteiger partial charge in [-0.05, 0) is 64.8 Å². The smallest absolute Gasteiger partial charge is 0.241 e. The molecule has 1 amide bonds. The first kappa shape index (κ1) is 29.0. The summed E-state index contributed by atoms with van der Waals surface area (Å²) < 4.78 is 31.5. The van der Waals surface area contributed by atoms with Crippen LogP contribution in [-0.4, -0.2) is 23.9 Å². The minimum absolute atomic E-state index is 0.0261. The van der Waals surface area contributed by atoms with Crippen molar-refractivity contribution in [2.45, 2.75) is 62.4 Å². The zero-order chi connectivity index (χ0) is 29.4. The van der Waals surface area contributed by atoms with Crippen LogP contribution >= 0.6 is 11.6 Å². The number of hydrogen-bond acceptors (Lipinski definition) is 4. The number of benzene rings is 3. The average Bonchev–Trinajstić information content (AvgIpc) is 3.45. The predicted molar refractivity (Wildman–Crippen MR) is 162 cm³/mol. The van der Waals surface area contributed by atoms with E-state index < -0.39 is 16.1 Å². The lowest BCUT2D eigenvalue weighted by atomic mass is 9.86. The van der Waals surface area contributed by atoms with Crippen LogP contribution in [0.25, 0.3) is 0 Å². The van der Waals surface area contributed by atoms with Crippen molar-refractivity contribution in [1.29, 1.82) is 0 Å². The van der Waals surface area contributed by atoms with Crippen molar-refractivity contribution >= 4 is 33.2 Å². The number of aryl methyl sites for hydroxylation is 1. The number of nitrogens with one attached hydrogen (secondary N) is 1. The summed E-state index contributed by atoms with van der Waals surface area (Å²) >= 11 is 6.09. The van der Waals surface area contributed by atoms with Gasteiger partial charge in [0.2, 0.25) is 15.9 Å². The fraction of sp³-hybridized carbons (Fsp3) is 0.312. The molecule has 2 atom stereocenters. The molecule has 3 aromatic carbocycles. The van der Waals surface area contributed by atoms with E-state index in [1.165, 1.54) is 12.1 Å². The van der Waals surface area contributed by atoms with E-state index in [0.717, 1.165) is 22.5 Å². The quantitative estimate of drug-likeness (QED) is 0.241. The average molecular weight is 591 g/mol. The lowest BCUT2D eigenvalue weighted by molar-refractivity contribution is -0.119. The first-order valence-corrected chi connectivity index (χ1v) is 15.5. The van der Waals surface area contributed by atoms with Crippen LogP contribution in [0, 0.1) is 0 Å². The Morgan fingerprint density at radius 3 is 2.56 bits per heavy atom. The minimum atomic E-state index is -3.83. The summed E-state index contributed by atoms with van der Waals surface area (Å²) in [6.45, 7) is 6.57. The van der Waals surface area contributed by atoms with Crippen molar-refractivity contribution in [2.75, 3.05) is 4.90 Å². The summed E-state index contributed by atoms with van der Waals surface area (Å²) in [6, 6.07) is 21.7. The third-order valence-corrected chi connectivity index (χ3v) is 9.65. The monoisotopic (exact) mass is 590 g/mol. The molecule has 0 bridgehead atoms. The lowest BCUT2D eigenvalue weighted by Crippen LogP contribution is -2.32. The summed E-state index contributed by atoms with van der Waals surface area (Å²) in [6.07, 6.45) is 4.48. The molecule has 4 aromatic rings. The van der Waals surface area contributed by atoms with Crippen LogP contribution in [0.1, 0.15) is 68.1 Å². The number of anilines is 1. The number of carbonyl (C=O) groups excluding carboxylic acids is 1. The van der Waals surface area contributed by atoms with Gasteiger partial charge in [-0.15, -0.1) is 0 Å². The van der Waals surface area contributed by atoms with Gasteiger partial charge < -0.3 is 9.47 Å². The third kappa shape index (κ3) is 6.25. The van der Waals surface area contributed by atoms with Crippen molar-refractivity contribution in [3.63, 3.8) is 0 Å². The summed E-state index contributed by atoms with van der Waals surface area (Å²) in [7, 11) is -1.92. The van der Waals surface area contributed by atoms with E-state index in [4.69, 9.17) is 11.6 Å². The highest BCUT2D eigenvalue weighted by molar-refractivity contribution is 7.89. The van der Waals surface area contributed by atoms with Crippen molar-refractivity contribution in [1.82, 2.24) is 14.3 Å². The van der Waals surface area contributed by atoms with Crippen molar-refractivity contribution in [3.8, 4) is 0 Å². The van der Waals surface area contributed by atoms with Crippen LogP contribution in [0.2, 0.25) is 5.02 Å². The van der Waals surface area contributed by atoms with E-state index in [1.807, 2.05) is 66.3 Å². The Kier molecular flexibility index (Phi) is 8.10. The highest BCUT2D eigenvalue weighted by atomic mass is 35.5. The Hall–Kier alpha value is -3.46. The zero-order valence-electron chi connectivity index (χ0n) is 23.7. The Labute approximate surface area is 247 Å². The maximum atomic E-state index is 13.9. The number of amides is 1. The Balaban J connectivity index is 1.49. The second kappa shape index (κ2) is 11.4. The molecule has 214 valence electrons. The lowest BCUT2D eigenvalue weighted by Gasteiger charge is -2.26. The van der Waals surface area contributed by atoms with Crippen LogP contribution in [0.15, 0.2) is 90.1 Å². The predicted octanol–water partition coefficient (Wildman–Crippen LogP) is 6.50. The molecule has 0 radical (unpaired) electrons. The first-order valence-electron chi connectivity index (χ1n) is 13.7. The second-order valence-corrected chi connectivity index (χ2v) is 13.6. The number of hydrogen-bond donors (Lipinski definition) is 1. The molecule has 1 aliphatic carbocycles. The van der Waals surface area contributed by atoms with Gasteiger partial charge in [-0.1, -0.05) is 74.8 Å². The molecule has 1 heterocycles. The van der Waals surface area contributed by atoms with E-state index >= 15 is 0 Å². The summed E-state index contributed by atoms with van der Waals surface area (Å²) in [5.41, 5.74) is 3.48. The topological polar surface area (TPSA) is 84.3 Å². The van der Waals surface area contributed by atoms with Gasteiger partial charge in [0.15, 0.2) is 0 Å². The molecule has 0 spiro atoms. The minimum Gasteiger partial charge on any atom is -0.337 e. The number of fused-ring (bicyclic) bond motifs is 1. The van der Waals surface area contributed by atoms with Crippen molar-refractivity contribution < 1.29 is 13.2 Å². The molecule has 0 aliphatic heterocycles. The summed E-state index contributed by atoms with van der Waals surface area (Å²) in [5.74, 6) is 0.751. The standard InChI is InChI=1S/C32H35ClN4O3S/c1-22(23-9-6-5-7-10-23)17-31(38)37(21-30-34-15-16-36(30)4)25-13-14-28-27(19-25)29(20-32(28,2)3)35-41(39,40)26-12-8-11-24(33)18-26/h5-16,18-19,22,29,35H,17,20-21H2,1-4H3/t22-,29-/m1/s1. The Morgan fingerprint density at radius 2 is 1.88 bits per heavy atom. The zero-order valence-corrected chi connectivity index (χ0v) is 25.3. The van der Waals surface area contributed by atoms with E-state index in [9.17, 15) is 13.2 Å². The third-order valence-electron chi connectivity index (χ3n) is 7.94. The molecule has 41 heavy (non-hydrogen) atoms. The summed E-state index contributed by atoms with van der Waals surface area (Å²) in [4.78, 5) is 20.2. The number of halogens is 1. The van der Waals surface area contributed by atoms with Crippen LogP contribution in [0.5, 0.6) is 0 Å². The van der Waals surface area contributed by atoms with Crippen LogP contribution < -0.4 is 9.62 Å². The van der Waals surface area contributed by atoms with Gasteiger partial charge in [0.25, 0.3) is 0 Å². The Bertz CT molecular complexity index is 1670. The van der Waals surface area contributed by atoms with Gasteiger partial charge in [-0.3, -0.25) is 4.79 Å². The fourth-order valence-electron chi connectivity index (χ4n) is 5.63. The fourth-order valence-corrected chi connectivity index (χ4v) is 7.15. The van der Waals surface area contributed by atoms with Crippen LogP contribution in [0.4, 0.5) is 5.69 Å². The highest BCUT2D eigenvalue weighted by Gasteiger charge is 2.39. The molecule has 1 aliphatic rings. The van der Waals surface area contributed by atoms with E-state index in [0.29, 0.717) is 30.1 Å². The first-order chi connectivity index (χ1) is 19.4. The van der Waals surface area contributed by atoms with Gasteiger partial charge >= 0.3 is 0 Å². The van der Waals surface area contributed by atoms with Crippen molar-refractivity contribution in [2.24, 2.45) is 7.05 Å². The van der Waals surface area contributed by atoms with Crippen LogP contribution in [0.3, 0.4) is 0 Å². The van der Waals surface area contributed by atoms with E-state index in [2.05, 4.69) is 30.5 Å². The number of nitrogens with zero attached hydrogens (tertiary/aromatic N) is 3. The Morgan fingerprint density at radius 1 is 1.12 bits per heavy atom. The van der Waals surface area contributed by atoms with Crippen molar-refractivity contribution in [3.05, 3.63) is 113 Å². The largest absolute Gasteiger partial charge is 0.337 e. The van der Waals surface area contributed by atoms with E-state index in [-0.39, 0.29) is 22.1 Å². The molecule has 7 nitrogen and oxygen atoms in total. The van der Waals surface area contributed by atoms with Gasteiger partial charge in [-0.2, -0.15) is 0 Å². The van der Waals surface area contributed by atoms with E-state index in [1.54, 1.807) is 23.2 Å². The highest BCUT2D eigenvalue weighted by Crippen LogP contribution is 2.46. The molecule has 0 unspecified atom stereocenters. The number of sulfonamides is 1. The SMILES string of the molecule is C[C@H](CC(=O)N(Cc1nccn1C)c1ccc2c(c1)[C@H](NS(=O)(=O)c1cccc(Cl)c1)CC2(C)C)c1ccccc1. The molecule has 1 aromatic heterocycles. The maximum Gasteiger partial charge on any atom is 0.241 e. The number of imidazole rings is 1. The number of rotatable bonds is 9. The molecule has 1 N–H and O–H groups in total. The molecule has 0 fully saturated rings. The normalized spacial score (nSPS) is 16.8. The molecule has 9 heteroatoms. The summed E-state index contributed by atoms with van der Waals surface area (Å²) in [5, 5.41) is 0.357. The van der Waals surface area contributed by atoms with Crippen LogP contribution in [-0.2, 0) is 33.8 Å².